The average Bonchev–Trinajstić information content (AvgIpc) is 2.75. The van der Waals surface area contributed by atoms with Crippen molar-refractivity contribution in [1.29, 1.82) is 0 Å². The zero-order valence-electron chi connectivity index (χ0n) is 16.5. The lowest BCUT2D eigenvalue weighted by Crippen LogP contribution is -3.10. The molecule has 5 nitrogen and oxygen atoms in total. The van der Waals surface area contributed by atoms with Gasteiger partial charge in [0.2, 0.25) is 0 Å². The molecule has 0 heterocycles. The number of carbonyl (C=O) groups is 2. The Morgan fingerprint density at radius 3 is 1.90 bits per heavy atom. The van der Waals surface area contributed by atoms with Gasteiger partial charge < -0.3 is 15.0 Å². The number of nitrogens with one attached hydrogen (secondary N) is 2. The van der Waals surface area contributed by atoms with Crippen LogP contribution in [0.15, 0.2) is 84.9 Å². The number of rotatable bonds is 9. The summed E-state index contributed by atoms with van der Waals surface area (Å²) in [7, 11) is 0. The number of quaternary nitrogens is 1. The third-order valence-electron chi connectivity index (χ3n) is 4.50. The summed E-state index contributed by atoms with van der Waals surface area (Å²) in [6.45, 7) is 1.16. The van der Waals surface area contributed by atoms with Crippen LogP contribution in [-0.2, 0) is 27.4 Å². The lowest BCUT2D eigenvalue weighted by molar-refractivity contribution is -0.920. The summed E-state index contributed by atoms with van der Waals surface area (Å²) in [5.41, 5.74) is 2.75. The van der Waals surface area contributed by atoms with Crippen molar-refractivity contribution in [2.45, 2.75) is 13.1 Å². The molecule has 0 radical (unpaired) electrons. The predicted molar refractivity (Wildman–Crippen MR) is 117 cm³/mol. The standard InChI is InChI=1S/C24H23ClN2O3/c25-21-13-7-8-14-22(21)26-23(28)18-30-24(29)17-27(15-19-9-3-1-4-10-19)16-20-11-5-2-6-12-20/h1-14H,15-18H2,(H,26,28)/p+1. The van der Waals surface area contributed by atoms with Crippen molar-refractivity contribution in [1.82, 2.24) is 0 Å². The van der Waals surface area contributed by atoms with Gasteiger partial charge in [-0.1, -0.05) is 84.4 Å². The minimum Gasteiger partial charge on any atom is -0.451 e. The van der Waals surface area contributed by atoms with E-state index >= 15 is 0 Å². The molecular weight excluding hydrogens is 400 g/mol. The Balaban J connectivity index is 1.55. The van der Waals surface area contributed by atoms with Gasteiger partial charge in [-0.3, -0.25) is 4.79 Å². The fourth-order valence-corrected chi connectivity index (χ4v) is 3.29. The first-order chi connectivity index (χ1) is 14.6. The maximum absolute atomic E-state index is 12.4. The van der Waals surface area contributed by atoms with Gasteiger partial charge in [0.25, 0.3) is 5.91 Å². The van der Waals surface area contributed by atoms with Gasteiger partial charge in [-0.15, -0.1) is 0 Å². The molecule has 0 spiro atoms. The van der Waals surface area contributed by atoms with Crippen LogP contribution >= 0.6 is 11.6 Å². The van der Waals surface area contributed by atoms with E-state index in [1.165, 1.54) is 0 Å². The number of amides is 1. The molecular formula is C24H24ClN2O3+. The minimum absolute atomic E-state index is 0.156. The number of carbonyl (C=O) groups excluding carboxylic acids is 2. The summed E-state index contributed by atoms with van der Waals surface area (Å²) in [4.78, 5) is 25.5. The molecule has 0 atom stereocenters. The predicted octanol–water partition coefficient (Wildman–Crippen LogP) is 3.11. The topological polar surface area (TPSA) is 59.8 Å². The van der Waals surface area contributed by atoms with Gasteiger partial charge in [-0.2, -0.15) is 0 Å². The molecule has 3 aromatic carbocycles. The summed E-state index contributed by atoms with van der Waals surface area (Å²) < 4.78 is 5.21. The van der Waals surface area contributed by atoms with Crippen LogP contribution in [0.3, 0.4) is 0 Å². The van der Waals surface area contributed by atoms with Crippen molar-refractivity contribution in [3.8, 4) is 0 Å². The second kappa shape index (κ2) is 11.1. The highest BCUT2D eigenvalue weighted by Gasteiger charge is 2.18. The Bertz CT molecular complexity index is 923. The van der Waals surface area contributed by atoms with E-state index in [9.17, 15) is 9.59 Å². The van der Waals surface area contributed by atoms with Crippen molar-refractivity contribution in [2.24, 2.45) is 0 Å². The number of hydrogen-bond donors (Lipinski definition) is 2. The molecule has 0 aliphatic rings. The van der Waals surface area contributed by atoms with Gasteiger partial charge in [0, 0.05) is 11.1 Å². The maximum atomic E-state index is 12.4. The number of benzene rings is 3. The van der Waals surface area contributed by atoms with E-state index in [2.05, 4.69) is 5.32 Å². The van der Waals surface area contributed by atoms with Crippen molar-refractivity contribution in [3.63, 3.8) is 0 Å². The van der Waals surface area contributed by atoms with Crippen LogP contribution in [0.25, 0.3) is 0 Å². The van der Waals surface area contributed by atoms with E-state index in [1.54, 1.807) is 24.3 Å². The fourth-order valence-electron chi connectivity index (χ4n) is 3.11. The largest absolute Gasteiger partial charge is 0.451 e. The normalized spacial score (nSPS) is 10.6. The molecule has 0 aliphatic carbocycles. The Morgan fingerprint density at radius 2 is 1.33 bits per heavy atom. The number of esters is 1. The average molecular weight is 424 g/mol. The van der Waals surface area contributed by atoms with Crippen molar-refractivity contribution < 1.29 is 19.2 Å². The van der Waals surface area contributed by atoms with E-state index < -0.39 is 11.9 Å². The lowest BCUT2D eigenvalue weighted by atomic mass is 10.1. The Morgan fingerprint density at radius 1 is 0.800 bits per heavy atom. The zero-order chi connectivity index (χ0) is 21.2. The van der Waals surface area contributed by atoms with Crippen LogP contribution in [0.4, 0.5) is 5.69 Å². The smallest absolute Gasteiger partial charge is 0.362 e. The van der Waals surface area contributed by atoms with Gasteiger partial charge in [-0.25, -0.2) is 4.79 Å². The molecule has 0 aromatic heterocycles. The minimum atomic E-state index is -0.427. The first-order valence-corrected chi connectivity index (χ1v) is 10.1. The van der Waals surface area contributed by atoms with Crippen molar-refractivity contribution in [3.05, 3.63) is 101 Å². The van der Waals surface area contributed by atoms with Gasteiger partial charge in [0.05, 0.1) is 10.7 Å². The number of para-hydroxylation sites is 1. The number of ether oxygens (including phenoxy) is 1. The Kier molecular flexibility index (Phi) is 8.01. The summed E-state index contributed by atoms with van der Waals surface area (Å²) in [5.74, 6) is -0.852. The summed E-state index contributed by atoms with van der Waals surface area (Å²) in [6.07, 6.45) is 0. The van der Waals surface area contributed by atoms with Gasteiger partial charge in [0.1, 0.15) is 13.1 Å². The molecule has 1 amide bonds. The molecule has 2 N–H and O–H groups in total. The van der Waals surface area contributed by atoms with Crippen LogP contribution < -0.4 is 10.2 Å². The lowest BCUT2D eigenvalue weighted by Gasteiger charge is -2.19. The van der Waals surface area contributed by atoms with E-state index in [0.717, 1.165) is 16.0 Å². The van der Waals surface area contributed by atoms with Crippen LogP contribution in [0.2, 0.25) is 5.02 Å². The molecule has 0 aliphatic heterocycles. The molecule has 0 bridgehead atoms. The highest BCUT2D eigenvalue weighted by molar-refractivity contribution is 6.33. The summed E-state index contributed by atoms with van der Waals surface area (Å²) >= 11 is 6.03. The molecule has 0 saturated heterocycles. The van der Waals surface area contributed by atoms with Gasteiger partial charge in [0.15, 0.2) is 13.2 Å². The maximum Gasteiger partial charge on any atom is 0.362 e. The number of halogens is 1. The highest BCUT2D eigenvalue weighted by Crippen LogP contribution is 2.20. The van der Waals surface area contributed by atoms with E-state index in [4.69, 9.17) is 16.3 Å². The van der Waals surface area contributed by atoms with E-state index in [0.29, 0.717) is 23.8 Å². The molecule has 154 valence electrons. The summed E-state index contributed by atoms with van der Waals surface area (Å²) in [5, 5.41) is 3.07. The monoisotopic (exact) mass is 423 g/mol. The van der Waals surface area contributed by atoms with Gasteiger partial charge >= 0.3 is 5.97 Å². The van der Waals surface area contributed by atoms with Gasteiger partial charge in [-0.05, 0) is 12.1 Å². The quantitative estimate of drug-likeness (QED) is 0.520. The Hall–Kier alpha value is -3.15. The van der Waals surface area contributed by atoms with Crippen molar-refractivity contribution >= 4 is 29.2 Å². The molecule has 0 unspecified atom stereocenters. The van der Waals surface area contributed by atoms with E-state index in [1.807, 2.05) is 60.7 Å². The first-order valence-electron chi connectivity index (χ1n) is 9.71. The third kappa shape index (κ3) is 7.03. The van der Waals surface area contributed by atoms with Crippen molar-refractivity contribution in [2.75, 3.05) is 18.5 Å². The van der Waals surface area contributed by atoms with Crippen LogP contribution in [-0.4, -0.2) is 25.0 Å². The molecule has 6 heteroatoms. The summed E-state index contributed by atoms with van der Waals surface area (Å²) in [6, 6.07) is 26.9. The van der Waals surface area contributed by atoms with E-state index in [-0.39, 0.29) is 13.2 Å². The molecule has 0 fully saturated rings. The number of hydrogen-bond acceptors (Lipinski definition) is 3. The molecule has 0 saturated carbocycles. The Labute approximate surface area is 181 Å². The SMILES string of the molecule is O=C(COC(=O)C[NH+](Cc1ccccc1)Cc1ccccc1)Nc1ccccc1Cl. The molecule has 3 aromatic rings. The second-order valence-electron chi connectivity index (χ2n) is 6.94. The fraction of sp³-hybridized carbons (Fsp3) is 0.167. The third-order valence-corrected chi connectivity index (χ3v) is 4.83. The molecule has 3 rings (SSSR count). The zero-order valence-corrected chi connectivity index (χ0v) is 17.3. The second-order valence-corrected chi connectivity index (χ2v) is 7.35. The van der Waals surface area contributed by atoms with Crippen LogP contribution in [0, 0.1) is 0 Å². The number of anilines is 1. The highest BCUT2D eigenvalue weighted by atomic mass is 35.5. The van der Waals surface area contributed by atoms with Crippen LogP contribution in [0.5, 0.6) is 0 Å². The van der Waals surface area contributed by atoms with Crippen LogP contribution in [0.1, 0.15) is 11.1 Å². The first kappa shape index (κ1) is 21.6. The molecule has 30 heavy (non-hydrogen) atoms.